The molecule has 4 heteroatoms. The third kappa shape index (κ3) is 4.04. The Hall–Kier alpha value is -1.55. The van der Waals surface area contributed by atoms with Gasteiger partial charge in [0.15, 0.2) is 0 Å². The van der Waals surface area contributed by atoms with Gasteiger partial charge in [-0.05, 0) is 44.4 Å². The summed E-state index contributed by atoms with van der Waals surface area (Å²) in [5, 5.41) is 14.6. The van der Waals surface area contributed by atoms with Crippen molar-refractivity contribution in [1.82, 2.24) is 10.6 Å². The number of carbonyl (C=O) groups excluding carboxylic acids is 1. The highest BCUT2D eigenvalue weighted by Gasteiger charge is 2.13. The van der Waals surface area contributed by atoms with Crippen molar-refractivity contribution in [1.29, 1.82) is 0 Å². The third-order valence-electron chi connectivity index (χ3n) is 2.88. The summed E-state index contributed by atoms with van der Waals surface area (Å²) in [6.45, 7) is 7.92. The van der Waals surface area contributed by atoms with Gasteiger partial charge in [-0.25, -0.2) is 4.79 Å². The van der Waals surface area contributed by atoms with Gasteiger partial charge in [0.2, 0.25) is 0 Å². The van der Waals surface area contributed by atoms with Crippen molar-refractivity contribution in [3.8, 4) is 0 Å². The molecule has 1 aromatic carbocycles. The fraction of sp³-hybridized carbons (Fsp3) is 0.500. The van der Waals surface area contributed by atoms with Gasteiger partial charge in [0.25, 0.3) is 0 Å². The predicted octanol–water partition coefficient (Wildman–Crippen LogP) is 2.04. The zero-order chi connectivity index (χ0) is 13.7. The summed E-state index contributed by atoms with van der Waals surface area (Å²) in [6.07, 6.45) is -0.536. The van der Waals surface area contributed by atoms with Crippen LogP contribution in [-0.4, -0.2) is 23.8 Å². The summed E-state index contributed by atoms with van der Waals surface area (Å²) in [5.41, 5.74) is 3.47. The minimum atomic E-state index is -0.536. The van der Waals surface area contributed by atoms with Crippen molar-refractivity contribution in [3.05, 3.63) is 34.9 Å². The molecule has 0 saturated heterocycles. The lowest BCUT2D eigenvalue weighted by atomic mass is 9.97. The highest BCUT2D eigenvalue weighted by molar-refractivity contribution is 5.74. The molecule has 0 fully saturated rings. The molecule has 3 N–H and O–H groups in total. The van der Waals surface area contributed by atoms with Gasteiger partial charge in [-0.15, -0.1) is 0 Å². The van der Waals surface area contributed by atoms with Crippen LogP contribution in [0.4, 0.5) is 4.79 Å². The number of benzene rings is 1. The van der Waals surface area contributed by atoms with E-state index in [2.05, 4.69) is 10.6 Å². The lowest BCUT2D eigenvalue weighted by Crippen LogP contribution is -2.40. The first-order valence-electron chi connectivity index (χ1n) is 6.20. The number of carbonyl (C=O) groups is 1. The molecule has 0 unspecified atom stereocenters. The summed E-state index contributed by atoms with van der Waals surface area (Å²) < 4.78 is 0. The zero-order valence-electron chi connectivity index (χ0n) is 11.4. The molecule has 0 radical (unpaired) electrons. The highest BCUT2D eigenvalue weighted by atomic mass is 16.3. The van der Waals surface area contributed by atoms with Gasteiger partial charge in [0.1, 0.15) is 0 Å². The molecule has 2 atom stereocenters. The lowest BCUT2D eigenvalue weighted by Gasteiger charge is -2.19. The van der Waals surface area contributed by atoms with Crippen LogP contribution in [0, 0.1) is 13.8 Å². The van der Waals surface area contributed by atoms with Gasteiger partial charge in [-0.3, -0.25) is 0 Å². The Balaban J connectivity index is 2.65. The molecule has 1 rings (SSSR count). The third-order valence-corrected chi connectivity index (χ3v) is 2.88. The van der Waals surface area contributed by atoms with Gasteiger partial charge in [-0.2, -0.15) is 0 Å². The molecule has 0 aliphatic heterocycles. The van der Waals surface area contributed by atoms with E-state index in [0.29, 0.717) is 0 Å². The predicted molar refractivity (Wildman–Crippen MR) is 72.5 cm³/mol. The fourth-order valence-electron chi connectivity index (χ4n) is 2.07. The molecular weight excluding hydrogens is 228 g/mol. The number of aryl methyl sites for hydroxylation is 2. The van der Waals surface area contributed by atoms with Crippen LogP contribution in [0.2, 0.25) is 0 Å². The van der Waals surface area contributed by atoms with E-state index in [-0.39, 0.29) is 18.6 Å². The van der Waals surface area contributed by atoms with E-state index in [1.165, 1.54) is 11.1 Å². The highest BCUT2D eigenvalue weighted by Crippen LogP contribution is 2.21. The Morgan fingerprint density at radius 2 is 1.83 bits per heavy atom. The molecule has 0 heterocycles. The van der Waals surface area contributed by atoms with E-state index >= 15 is 0 Å². The number of amides is 2. The number of urea groups is 1. The maximum Gasteiger partial charge on any atom is 0.315 e. The topological polar surface area (TPSA) is 61.4 Å². The normalized spacial score (nSPS) is 13.8. The fourth-order valence-corrected chi connectivity index (χ4v) is 2.07. The molecule has 0 aliphatic carbocycles. The minimum Gasteiger partial charge on any atom is -0.392 e. The van der Waals surface area contributed by atoms with Crippen LogP contribution >= 0.6 is 0 Å². The molecule has 100 valence electrons. The van der Waals surface area contributed by atoms with Crippen LogP contribution in [0.5, 0.6) is 0 Å². The zero-order valence-corrected chi connectivity index (χ0v) is 11.4. The number of nitrogens with one attached hydrogen (secondary N) is 2. The van der Waals surface area contributed by atoms with Crippen molar-refractivity contribution in [2.24, 2.45) is 0 Å². The van der Waals surface area contributed by atoms with Crippen LogP contribution in [-0.2, 0) is 0 Å². The maximum atomic E-state index is 11.6. The average Bonchev–Trinajstić information content (AvgIpc) is 2.26. The Labute approximate surface area is 108 Å². The molecule has 18 heavy (non-hydrogen) atoms. The molecule has 0 aliphatic rings. The van der Waals surface area contributed by atoms with E-state index in [1.807, 2.05) is 39.0 Å². The largest absolute Gasteiger partial charge is 0.392 e. The number of aliphatic hydroxyl groups is 1. The number of aliphatic hydroxyl groups excluding tert-OH is 1. The molecule has 0 saturated carbocycles. The first-order valence-corrected chi connectivity index (χ1v) is 6.20. The standard InChI is InChI=1S/C14H22N2O2/c1-9-6-5-7-10(2)13(9)12(4)16-14(18)15-8-11(3)17/h5-7,11-12,17H,8H2,1-4H3,(H2,15,16,18)/t11-,12-/m1/s1. The van der Waals surface area contributed by atoms with Crippen LogP contribution in [0.15, 0.2) is 18.2 Å². The Kier molecular flexibility index (Phi) is 5.16. The Bertz CT molecular complexity index is 396. The van der Waals surface area contributed by atoms with E-state index in [1.54, 1.807) is 6.92 Å². The van der Waals surface area contributed by atoms with E-state index in [0.717, 1.165) is 5.56 Å². The Morgan fingerprint density at radius 3 is 2.33 bits per heavy atom. The summed E-state index contributed by atoms with van der Waals surface area (Å²) in [6, 6.07) is 5.77. The quantitative estimate of drug-likeness (QED) is 0.766. The molecule has 1 aromatic rings. The molecule has 4 nitrogen and oxygen atoms in total. The van der Waals surface area contributed by atoms with Crippen LogP contribution in [0.25, 0.3) is 0 Å². The molecule has 2 amide bonds. The first-order chi connectivity index (χ1) is 8.41. The number of hydrogen-bond acceptors (Lipinski definition) is 2. The second-order valence-electron chi connectivity index (χ2n) is 4.73. The van der Waals surface area contributed by atoms with E-state index in [4.69, 9.17) is 5.11 Å². The SMILES string of the molecule is Cc1cccc(C)c1[C@@H](C)NC(=O)NC[C@@H](C)O. The maximum absolute atomic E-state index is 11.6. The monoisotopic (exact) mass is 250 g/mol. The van der Waals surface area contributed by atoms with Gasteiger partial charge in [0, 0.05) is 6.54 Å². The molecule has 0 aromatic heterocycles. The van der Waals surface area contributed by atoms with Gasteiger partial charge in [0.05, 0.1) is 12.1 Å². The first kappa shape index (κ1) is 14.5. The summed E-state index contributed by atoms with van der Waals surface area (Å²) in [5.74, 6) is 0. The van der Waals surface area contributed by atoms with Gasteiger partial charge < -0.3 is 15.7 Å². The van der Waals surface area contributed by atoms with Crippen LogP contribution in [0.3, 0.4) is 0 Å². The minimum absolute atomic E-state index is 0.0554. The average molecular weight is 250 g/mol. The summed E-state index contributed by atoms with van der Waals surface area (Å²) in [7, 11) is 0. The van der Waals surface area contributed by atoms with Crippen molar-refractivity contribution >= 4 is 6.03 Å². The number of hydrogen-bond donors (Lipinski definition) is 3. The van der Waals surface area contributed by atoms with E-state index < -0.39 is 6.10 Å². The Morgan fingerprint density at radius 1 is 1.28 bits per heavy atom. The van der Waals surface area contributed by atoms with Crippen LogP contribution in [0.1, 0.15) is 36.6 Å². The van der Waals surface area contributed by atoms with Crippen molar-refractivity contribution in [2.45, 2.75) is 39.8 Å². The van der Waals surface area contributed by atoms with Crippen molar-refractivity contribution in [3.63, 3.8) is 0 Å². The van der Waals surface area contributed by atoms with Gasteiger partial charge in [-0.1, -0.05) is 18.2 Å². The van der Waals surface area contributed by atoms with Gasteiger partial charge >= 0.3 is 6.03 Å². The summed E-state index contributed by atoms with van der Waals surface area (Å²) in [4.78, 5) is 11.6. The van der Waals surface area contributed by atoms with Crippen LogP contribution < -0.4 is 10.6 Å². The second kappa shape index (κ2) is 6.40. The second-order valence-corrected chi connectivity index (χ2v) is 4.73. The lowest BCUT2D eigenvalue weighted by molar-refractivity contribution is 0.187. The molecular formula is C14H22N2O2. The van der Waals surface area contributed by atoms with Crippen molar-refractivity contribution in [2.75, 3.05) is 6.54 Å². The van der Waals surface area contributed by atoms with E-state index in [9.17, 15) is 4.79 Å². The number of rotatable bonds is 4. The smallest absolute Gasteiger partial charge is 0.315 e. The molecule has 0 spiro atoms. The molecule has 0 bridgehead atoms. The summed E-state index contributed by atoms with van der Waals surface area (Å²) >= 11 is 0. The van der Waals surface area contributed by atoms with Crippen molar-refractivity contribution < 1.29 is 9.90 Å².